The van der Waals surface area contributed by atoms with Crippen LogP contribution in [0.15, 0.2) is 0 Å². The Morgan fingerprint density at radius 1 is 1.03 bits per heavy atom. The largest absolute Gasteiger partial charge is 1.00 e. The molecule has 0 bridgehead atoms. The molecule has 0 aliphatic heterocycles. The van der Waals surface area contributed by atoms with Crippen molar-refractivity contribution in [2.24, 2.45) is 52.3 Å². The first-order valence-corrected chi connectivity index (χ1v) is 15.5. The van der Waals surface area contributed by atoms with Crippen molar-refractivity contribution in [3.63, 3.8) is 0 Å². The molecule has 0 aromatic heterocycles. The summed E-state index contributed by atoms with van der Waals surface area (Å²) in [7, 11) is -4.90. The standard InChI is InChI=1S/C27H48O9S.Na/c1-15(4-7-22(30)16(13-28)14-36-37(33,34)35)19-5-6-20-25-21(12-24(32)27(19,20)3)26(2)9-8-18(29)10-17(26)11-23(25)31;/h15-25,28-32H,4-14H2,1-3H3,(H,33,34,35);/q;+1/p-1/t15-,16+,17+,18-,19?,20?,21?,22-,23?,24+,25?,26+,27-;/m1./s1. The van der Waals surface area contributed by atoms with Crippen LogP contribution in [0.25, 0.3) is 0 Å². The summed E-state index contributed by atoms with van der Waals surface area (Å²) in [6.07, 6.45) is 4.42. The van der Waals surface area contributed by atoms with Crippen LogP contribution in [-0.2, 0) is 14.6 Å². The molecule has 0 amide bonds. The van der Waals surface area contributed by atoms with Gasteiger partial charge in [-0.2, -0.15) is 0 Å². The van der Waals surface area contributed by atoms with E-state index in [1.54, 1.807) is 0 Å². The van der Waals surface area contributed by atoms with E-state index in [0.29, 0.717) is 25.7 Å². The molecule has 5 unspecified atom stereocenters. The van der Waals surface area contributed by atoms with Crippen LogP contribution >= 0.6 is 0 Å². The molecule has 4 aliphatic carbocycles. The monoisotopic (exact) mass is 570 g/mol. The van der Waals surface area contributed by atoms with E-state index >= 15 is 0 Å². The van der Waals surface area contributed by atoms with Gasteiger partial charge in [-0.05, 0) is 104 Å². The molecule has 13 atom stereocenters. The van der Waals surface area contributed by atoms with E-state index in [0.717, 1.165) is 32.1 Å². The Morgan fingerprint density at radius 3 is 2.34 bits per heavy atom. The van der Waals surface area contributed by atoms with Gasteiger partial charge in [-0.25, -0.2) is 8.42 Å². The van der Waals surface area contributed by atoms with Crippen LogP contribution in [-0.4, -0.2) is 76.1 Å². The summed E-state index contributed by atoms with van der Waals surface area (Å²) in [5.41, 5.74) is -0.321. The maximum absolute atomic E-state index is 11.7. The van der Waals surface area contributed by atoms with Gasteiger partial charge in [-0.15, -0.1) is 0 Å². The van der Waals surface area contributed by atoms with Crippen molar-refractivity contribution in [1.29, 1.82) is 0 Å². The van der Waals surface area contributed by atoms with E-state index in [1.807, 2.05) is 0 Å². The predicted molar refractivity (Wildman–Crippen MR) is 135 cm³/mol. The van der Waals surface area contributed by atoms with Crippen LogP contribution in [0.2, 0.25) is 0 Å². The number of fused-ring (bicyclic) bond motifs is 5. The molecule has 216 valence electrons. The molecule has 0 spiro atoms. The van der Waals surface area contributed by atoms with E-state index in [9.17, 15) is 38.5 Å². The Labute approximate surface area is 250 Å². The van der Waals surface area contributed by atoms with Gasteiger partial charge in [0.1, 0.15) is 0 Å². The van der Waals surface area contributed by atoms with Crippen LogP contribution in [0.1, 0.15) is 78.6 Å². The minimum atomic E-state index is -4.90. The molecule has 4 rings (SSSR count). The molecule has 5 N–H and O–H groups in total. The molecule has 4 fully saturated rings. The van der Waals surface area contributed by atoms with E-state index in [2.05, 4.69) is 25.0 Å². The van der Waals surface area contributed by atoms with Crippen molar-refractivity contribution in [3.8, 4) is 0 Å². The third kappa shape index (κ3) is 6.21. The fraction of sp³-hybridized carbons (Fsp3) is 1.00. The first-order valence-electron chi connectivity index (χ1n) is 14.2. The third-order valence-corrected chi connectivity index (χ3v) is 12.1. The second kappa shape index (κ2) is 12.5. The Morgan fingerprint density at radius 2 is 1.71 bits per heavy atom. The van der Waals surface area contributed by atoms with Crippen molar-refractivity contribution in [2.45, 2.75) is 103 Å². The molecule has 0 radical (unpaired) electrons. The van der Waals surface area contributed by atoms with Crippen molar-refractivity contribution in [2.75, 3.05) is 13.2 Å². The Hall–Kier alpha value is 0.670. The smallest absolute Gasteiger partial charge is 0.726 e. The molecular formula is C27H47NaO9S. The first-order chi connectivity index (χ1) is 17.2. The maximum atomic E-state index is 11.7. The summed E-state index contributed by atoms with van der Waals surface area (Å²) in [5, 5.41) is 53.4. The van der Waals surface area contributed by atoms with Crippen molar-refractivity contribution in [1.82, 2.24) is 0 Å². The quantitative estimate of drug-likeness (QED) is 0.130. The number of hydrogen-bond donors (Lipinski definition) is 5. The van der Waals surface area contributed by atoms with Crippen molar-refractivity contribution in [3.05, 3.63) is 0 Å². The van der Waals surface area contributed by atoms with Crippen LogP contribution in [0.4, 0.5) is 0 Å². The minimum absolute atomic E-state index is 0. The fourth-order valence-corrected chi connectivity index (χ4v) is 9.80. The molecule has 9 nitrogen and oxygen atoms in total. The molecule has 0 aromatic carbocycles. The Kier molecular flexibility index (Phi) is 10.9. The predicted octanol–water partition coefficient (Wildman–Crippen LogP) is -1.19. The number of aliphatic hydroxyl groups is 5. The van der Waals surface area contributed by atoms with Crippen LogP contribution in [0, 0.1) is 52.3 Å². The van der Waals surface area contributed by atoms with E-state index in [1.165, 1.54) is 0 Å². The van der Waals surface area contributed by atoms with E-state index in [-0.39, 0.29) is 82.0 Å². The Bertz CT molecular complexity index is 905. The molecular weight excluding hydrogens is 523 g/mol. The number of rotatable bonds is 9. The van der Waals surface area contributed by atoms with Gasteiger partial charge in [0.2, 0.25) is 10.4 Å². The topological polar surface area (TPSA) is 168 Å². The summed E-state index contributed by atoms with van der Waals surface area (Å²) < 4.78 is 36.5. The summed E-state index contributed by atoms with van der Waals surface area (Å²) in [4.78, 5) is 0. The summed E-state index contributed by atoms with van der Waals surface area (Å²) >= 11 is 0. The van der Waals surface area contributed by atoms with Gasteiger partial charge in [-0.1, -0.05) is 20.8 Å². The van der Waals surface area contributed by atoms with Gasteiger partial charge in [0.15, 0.2) is 0 Å². The molecule has 4 aliphatic rings. The van der Waals surface area contributed by atoms with Crippen LogP contribution < -0.4 is 29.6 Å². The summed E-state index contributed by atoms with van der Waals surface area (Å²) in [6, 6.07) is 0. The van der Waals surface area contributed by atoms with Crippen LogP contribution in [0.5, 0.6) is 0 Å². The van der Waals surface area contributed by atoms with Gasteiger partial charge in [0, 0.05) is 5.92 Å². The van der Waals surface area contributed by atoms with E-state index in [4.69, 9.17) is 0 Å². The zero-order valence-electron chi connectivity index (χ0n) is 23.4. The number of aliphatic hydroxyl groups excluding tert-OH is 5. The molecule has 0 aromatic rings. The SMILES string of the molecule is C[C@H](CC[C@@H](O)[C@@H](CO)COS(=O)(=O)[O-])C1CCC2C3C(O)C[C@@H]4C[C@H](O)CC[C@]4(C)C3C[C@H](O)[C@@]21C.[Na+]. The Balaban J connectivity index is 0.00000400. The maximum Gasteiger partial charge on any atom is 1.00 e. The fourth-order valence-electron chi connectivity index (χ4n) is 9.46. The molecule has 0 heterocycles. The van der Waals surface area contributed by atoms with Gasteiger partial charge < -0.3 is 30.1 Å². The first kappa shape index (κ1) is 33.2. The molecule has 38 heavy (non-hydrogen) atoms. The van der Waals surface area contributed by atoms with E-state index < -0.39 is 47.8 Å². The van der Waals surface area contributed by atoms with Gasteiger partial charge in [0.25, 0.3) is 0 Å². The van der Waals surface area contributed by atoms with Crippen molar-refractivity contribution < 1.29 is 72.2 Å². The van der Waals surface area contributed by atoms with Crippen LogP contribution in [0.3, 0.4) is 0 Å². The van der Waals surface area contributed by atoms with Gasteiger partial charge in [-0.3, -0.25) is 4.18 Å². The second-order valence-electron chi connectivity index (χ2n) is 13.3. The van der Waals surface area contributed by atoms with Gasteiger partial charge >= 0.3 is 29.6 Å². The van der Waals surface area contributed by atoms with Crippen molar-refractivity contribution >= 4 is 10.4 Å². The molecule has 0 saturated heterocycles. The molecule has 4 saturated carbocycles. The molecule has 11 heteroatoms. The third-order valence-electron chi connectivity index (χ3n) is 11.6. The summed E-state index contributed by atoms with van der Waals surface area (Å²) in [6.45, 7) is 5.56. The number of hydrogen-bond acceptors (Lipinski definition) is 9. The van der Waals surface area contributed by atoms with Gasteiger partial charge in [0.05, 0.1) is 37.6 Å². The second-order valence-corrected chi connectivity index (χ2v) is 14.3. The zero-order chi connectivity index (χ0) is 27.3. The normalized spacial score (nSPS) is 45.2. The minimum Gasteiger partial charge on any atom is -0.726 e. The zero-order valence-corrected chi connectivity index (χ0v) is 26.2. The summed E-state index contributed by atoms with van der Waals surface area (Å²) in [5.74, 6) is 0.355. The average Bonchev–Trinajstić information content (AvgIpc) is 3.17. The average molecular weight is 571 g/mol.